The standard InChI is InChI=1S/C16H10Br2O2/c1-20-13-8-10-11(7-12(13)17)16(19)15(18)14(10)9-5-3-2-4-6-9/h2-8H,1H3. The van der Waals surface area contributed by atoms with Crippen LogP contribution in [-0.2, 0) is 0 Å². The number of hydrogen-bond donors (Lipinski definition) is 0. The van der Waals surface area contributed by atoms with Crippen LogP contribution in [0.15, 0.2) is 51.4 Å². The third-order valence-electron chi connectivity index (χ3n) is 3.29. The zero-order chi connectivity index (χ0) is 14.3. The largest absolute Gasteiger partial charge is 0.496 e. The minimum Gasteiger partial charge on any atom is -0.496 e. The highest BCUT2D eigenvalue weighted by Gasteiger charge is 2.30. The van der Waals surface area contributed by atoms with Crippen molar-refractivity contribution in [3.05, 3.63) is 68.1 Å². The first-order valence-corrected chi connectivity index (χ1v) is 7.60. The lowest BCUT2D eigenvalue weighted by Crippen LogP contribution is -1.95. The first kappa shape index (κ1) is 13.6. The molecule has 0 unspecified atom stereocenters. The number of halogens is 2. The molecule has 100 valence electrons. The van der Waals surface area contributed by atoms with Crippen LogP contribution in [-0.4, -0.2) is 12.9 Å². The summed E-state index contributed by atoms with van der Waals surface area (Å²) in [6.45, 7) is 0. The van der Waals surface area contributed by atoms with Gasteiger partial charge in [-0.15, -0.1) is 0 Å². The van der Waals surface area contributed by atoms with Crippen molar-refractivity contribution >= 4 is 43.2 Å². The third-order valence-corrected chi connectivity index (χ3v) is 4.66. The maximum Gasteiger partial charge on any atom is 0.201 e. The van der Waals surface area contributed by atoms with E-state index >= 15 is 0 Å². The predicted molar refractivity (Wildman–Crippen MR) is 86.4 cm³/mol. The van der Waals surface area contributed by atoms with Crippen LogP contribution in [0.5, 0.6) is 5.75 Å². The lowest BCUT2D eigenvalue weighted by Gasteiger charge is -2.09. The van der Waals surface area contributed by atoms with Crippen LogP contribution in [0.1, 0.15) is 21.5 Å². The van der Waals surface area contributed by atoms with E-state index in [9.17, 15) is 4.79 Å². The molecule has 0 heterocycles. The fourth-order valence-electron chi connectivity index (χ4n) is 2.34. The molecule has 2 aromatic rings. The van der Waals surface area contributed by atoms with Gasteiger partial charge in [0.1, 0.15) is 5.75 Å². The SMILES string of the molecule is COc1cc2c(cc1Br)C(=O)C(Br)=C2c1ccccc1. The van der Waals surface area contributed by atoms with Gasteiger partial charge in [0, 0.05) is 11.1 Å². The van der Waals surface area contributed by atoms with Crippen molar-refractivity contribution in [2.45, 2.75) is 0 Å². The average Bonchev–Trinajstić information content (AvgIpc) is 2.71. The number of hydrogen-bond acceptors (Lipinski definition) is 2. The van der Waals surface area contributed by atoms with Gasteiger partial charge in [0.05, 0.1) is 16.1 Å². The zero-order valence-electron chi connectivity index (χ0n) is 10.6. The summed E-state index contributed by atoms with van der Waals surface area (Å²) in [5.41, 5.74) is 3.50. The van der Waals surface area contributed by atoms with Gasteiger partial charge in [-0.2, -0.15) is 0 Å². The molecule has 1 aliphatic carbocycles. The summed E-state index contributed by atoms with van der Waals surface area (Å²) in [5.74, 6) is 0.717. The number of ether oxygens (including phenoxy) is 1. The first-order valence-electron chi connectivity index (χ1n) is 6.01. The molecule has 0 fully saturated rings. The van der Waals surface area contributed by atoms with Gasteiger partial charge in [-0.3, -0.25) is 4.79 Å². The Morgan fingerprint density at radius 2 is 1.70 bits per heavy atom. The smallest absolute Gasteiger partial charge is 0.201 e. The van der Waals surface area contributed by atoms with Crippen LogP contribution >= 0.6 is 31.9 Å². The van der Waals surface area contributed by atoms with Crippen molar-refractivity contribution in [3.8, 4) is 5.75 Å². The predicted octanol–water partition coefficient (Wildman–Crippen LogP) is 4.81. The number of carbonyl (C=O) groups is 1. The summed E-state index contributed by atoms with van der Waals surface area (Å²) in [5, 5.41) is 0. The number of ketones is 1. The normalized spacial score (nSPS) is 13.7. The Morgan fingerprint density at radius 1 is 1.00 bits per heavy atom. The molecule has 2 aromatic carbocycles. The molecule has 1 aliphatic rings. The van der Waals surface area contributed by atoms with Gasteiger partial charge < -0.3 is 4.74 Å². The Bertz CT molecular complexity index is 734. The summed E-state index contributed by atoms with van der Waals surface area (Å²) in [4.78, 5) is 12.4. The Morgan fingerprint density at radius 3 is 2.35 bits per heavy atom. The molecule has 0 spiro atoms. The lowest BCUT2D eigenvalue weighted by molar-refractivity contribution is 0.104. The number of Topliss-reactive ketones (excluding diaryl/α,β-unsaturated/α-hetero) is 1. The molecule has 0 radical (unpaired) electrons. The molecule has 0 amide bonds. The number of fused-ring (bicyclic) bond motifs is 1. The maximum absolute atomic E-state index is 12.4. The topological polar surface area (TPSA) is 26.3 Å². The van der Waals surface area contributed by atoms with E-state index in [1.54, 1.807) is 7.11 Å². The quantitative estimate of drug-likeness (QED) is 0.731. The number of benzene rings is 2. The molecular weight excluding hydrogens is 384 g/mol. The van der Waals surface area contributed by atoms with Gasteiger partial charge in [-0.05, 0) is 55.1 Å². The van der Waals surface area contributed by atoms with Crippen molar-refractivity contribution < 1.29 is 9.53 Å². The van der Waals surface area contributed by atoms with E-state index in [4.69, 9.17) is 4.74 Å². The van der Waals surface area contributed by atoms with E-state index in [1.807, 2.05) is 42.5 Å². The molecule has 0 bridgehead atoms. The number of carbonyl (C=O) groups excluding carboxylic acids is 1. The van der Waals surface area contributed by atoms with Gasteiger partial charge in [0.2, 0.25) is 5.78 Å². The van der Waals surface area contributed by atoms with Crippen molar-refractivity contribution in [2.24, 2.45) is 0 Å². The molecule has 2 nitrogen and oxygen atoms in total. The molecular formula is C16H10Br2O2. The molecule has 0 aliphatic heterocycles. The van der Waals surface area contributed by atoms with Crippen LogP contribution in [0.4, 0.5) is 0 Å². The van der Waals surface area contributed by atoms with Gasteiger partial charge in [-0.25, -0.2) is 0 Å². The Balaban J connectivity index is 2.26. The number of rotatable bonds is 2. The van der Waals surface area contributed by atoms with Crippen molar-refractivity contribution in [1.29, 1.82) is 0 Å². The maximum atomic E-state index is 12.4. The van der Waals surface area contributed by atoms with Gasteiger partial charge in [0.15, 0.2) is 0 Å². The van der Waals surface area contributed by atoms with Gasteiger partial charge >= 0.3 is 0 Å². The summed E-state index contributed by atoms with van der Waals surface area (Å²) in [7, 11) is 1.62. The number of methoxy groups -OCH3 is 1. The Labute approximate surface area is 133 Å². The summed E-state index contributed by atoms with van der Waals surface area (Å²) in [6, 6.07) is 13.6. The van der Waals surface area contributed by atoms with E-state index in [-0.39, 0.29) is 5.78 Å². The van der Waals surface area contributed by atoms with Crippen LogP contribution in [0.25, 0.3) is 5.57 Å². The minimum absolute atomic E-state index is 0.00204. The molecule has 3 rings (SSSR count). The molecule has 0 saturated heterocycles. The zero-order valence-corrected chi connectivity index (χ0v) is 13.8. The van der Waals surface area contributed by atoms with Crippen LogP contribution in [0, 0.1) is 0 Å². The Kier molecular flexibility index (Phi) is 3.52. The summed E-state index contributed by atoms with van der Waals surface area (Å²) < 4.78 is 6.70. The minimum atomic E-state index is 0.00204. The fourth-order valence-corrected chi connectivity index (χ4v) is 3.50. The van der Waals surface area contributed by atoms with Crippen molar-refractivity contribution in [3.63, 3.8) is 0 Å². The van der Waals surface area contributed by atoms with Crippen LogP contribution in [0.3, 0.4) is 0 Å². The second kappa shape index (κ2) is 5.19. The molecule has 4 heteroatoms. The number of allylic oxidation sites excluding steroid dienone is 1. The van der Waals surface area contributed by atoms with E-state index in [2.05, 4.69) is 31.9 Å². The summed E-state index contributed by atoms with van der Waals surface area (Å²) >= 11 is 6.86. The van der Waals surface area contributed by atoms with Crippen LogP contribution < -0.4 is 4.74 Å². The van der Waals surface area contributed by atoms with E-state index < -0.39 is 0 Å². The second-order valence-electron chi connectivity index (χ2n) is 4.42. The third kappa shape index (κ3) is 2.03. The highest BCUT2D eigenvalue weighted by atomic mass is 79.9. The molecule has 0 N–H and O–H groups in total. The molecule has 0 aromatic heterocycles. The van der Waals surface area contributed by atoms with Crippen molar-refractivity contribution in [2.75, 3.05) is 7.11 Å². The Hall–Kier alpha value is -1.39. The molecule has 20 heavy (non-hydrogen) atoms. The average molecular weight is 394 g/mol. The van der Waals surface area contributed by atoms with E-state index in [1.165, 1.54) is 0 Å². The second-order valence-corrected chi connectivity index (χ2v) is 6.06. The van der Waals surface area contributed by atoms with Crippen LogP contribution in [0.2, 0.25) is 0 Å². The monoisotopic (exact) mass is 392 g/mol. The van der Waals surface area contributed by atoms with Crippen molar-refractivity contribution in [1.82, 2.24) is 0 Å². The van der Waals surface area contributed by atoms with Gasteiger partial charge in [0.25, 0.3) is 0 Å². The molecule has 0 atom stereocenters. The van der Waals surface area contributed by atoms with E-state index in [0.717, 1.165) is 21.2 Å². The molecule has 0 saturated carbocycles. The highest BCUT2D eigenvalue weighted by Crippen LogP contribution is 2.43. The van der Waals surface area contributed by atoms with Gasteiger partial charge in [-0.1, -0.05) is 30.3 Å². The fraction of sp³-hybridized carbons (Fsp3) is 0.0625. The highest BCUT2D eigenvalue weighted by molar-refractivity contribution is 9.12. The van der Waals surface area contributed by atoms with E-state index in [0.29, 0.717) is 15.8 Å². The summed E-state index contributed by atoms with van der Waals surface area (Å²) in [6.07, 6.45) is 0. The lowest BCUT2D eigenvalue weighted by atomic mass is 9.99. The first-order chi connectivity index (χ1) is 9.63.